The first-order valence-corrected chi connectivity index (χ1v) is 7.91. The minimum absolute atomic E-state index is 0.312. The minimum Gasteiger partial charge on any atom is -0.302 e. The zero-order valence-corrected chi connectivity index (χ0v) is 13.2. The first-order chi connectivity index (χ1) is 9.06. The van der Waals surface area contributed by atoms with Crippen LogP contribution in [0, 0.1) is 17.2 Å². The van der Waals surface area contributed by atoms with Crippen molar-refractivity contribution in [2.45, 2.75) is 70.9 Å². The molecule has 1 aliphatic rings. The van der Waals surface area contributed by atoms with Crippen molar-refractivity contribution in [2.75, 3.05) is 20.1 Å². The zero-order valence-electron chi connectivity index (χ0n) is 13.2. The van der Waals surface area contributed by atoms with Gasteiger partial charge in [0.2, 0.25) is 0 Å². The maximum absolute atomic E-state index is 9.31. The lowest BCUT2D eigenvalue weighted by Crippen LogP contribution is -2.41. The minimum atomic E-state index is -0.312. The van der Waals surface area contributed by atoms with Crippen molar-refractivity contribution in [1.29, 1.82) is 5.26 Å². The molecule has 1 N–H and O–H groups in total. The van der Waals surface area contributed by atoms with Crippen molar-refractivity contribution in [3.63, 3.8) is 0 Å². The Morgan fingerprint density at radius 1 is 1.37 bits per heavy atom. The van der Waals surface area contributed by atoms with Gasteiger partial charge in [0.15, 0.2) is 0 Å². The summed E-state index contributed by atoms with van der Waals surface area (Å²) in [5.74, 6) is 0.785. The predicted octanol–water partition coefficient (Wildman–Crippen LogP) is 3.17. The van der Waals surface area contributed by atoms with Crippen LogP contribution < -0.4 is 5.32 Å². The zero-order chi connectivity index (χ0) is 14.3. The van der Waals surface area contributed by atoms with E-state index in [-0.39, 0.29) is 5.54 Å². The Morgan fingerprint density at radius 3 is 2.47 bits per heavy atom. The summed E-state index contributed by atoms with van der Waals surface area (Å²) in [4.78, 5) is 2.65. The fraction of sp³-hybridized carbons (Fsp3) is 0.938. The van der Waals surface area contributed by atoms with E-state index < -0.39 is 0 Å². The predicted molar refractivity (Wildman–Crippen MR) is 81.0 cm³/mol. The van der Waals surface area contributed by atoms with Gasteiger partial charge in [-0.3, -0.25) is 0 Å². The lowest BCUT2D eigenvalue weighted by Gasteiger charge is -2.27. The third kappa shape index (κ3) is 5.50. The van der Waals surface area contributed by atoms with E-state index in [0.717, 1.165) is 37.8 Å². The topological polar surface area (TPSA) is 39.1 Å². The van der Waals surface area contributed by atoms with Crippen molar-refractivity contribution in [2.24, 2.45) is 5.92 Å². The van der Waals surface area contributed by atoms with Crippen LogP contribution in [0.2, 0.25) is 0 Å². The second-order valence-corrected chi connectivity index (χ2v) is 6.35. The molecule has 0 bridgehead atoms. The van der Waals surface area contributed by atoms with E-state index in [0.29, 0.717) is 0 Å². The van der Waals surface area contributed by atoms with Gasteiger partial charge in [-0.2, -0.15) is 5.26 Å². The number of nitrogens with zero attached hydrogens (tertiary/aromatic N) is 2. The SMILES string of the molecule is CCC(C#N)(CCCN(CCC(C)C)C1CC1)NC. The lowest BCUT2D eigenvalue weighted by atomic mass is 9.92. The number of nitrogens with one attached hydrogen (secondary N) is 1. The molecule has 0 radical (unpaired) electrons. The first-order valence-electron chi connectivity index (χ1n) is 7.91. The summed E-state index contributed by atoms with van der Waals surface area (Å²) in [6.45, 7) is 9.07. The van der Waals surface area contributed by atoms with E-state index in [2.05, 4.69) is 37.1 Å². The molecule has 110 valence electrons. The van der Waals surface area contributed by atoms with Gasteiger partial charge in [-0.05, 0) is 64.6 Å². The van der Waals surface area contributed by atoms with Crippen LogP contribution in [0.15, 0.2) is 0 Å². The third-order valence-corrected chi connectivity index (χ3v) is 4.40. The van der Waals surface area contributed by atoms with Gasteiger partial charge in [0.05, 0.1) is 6.07 Å². The number of nitriles is 1. The Balaban J connectivity index is 2.33. The van der Waals surface area contributed by atoms with E-state index in [1.807, 2.05) is 7.05 Å². The molecule has 0 spiro atoms. The molecule has 1 unspecified atom stereocenters. The molecular formula is C16H31N3. The Bertz CT molecular complexity index is 285. The van der Waals surface area contributed by atoms with Crippen LogP contribution in [0.1, 0.15) is 59.3 Å². The Hall–Kier alpha value is -0.590. The summed E-state index contributed by atoms with van der Waals surface area (Å²) >= 11 is 0. The van der Waals surface area contributed by atoms with Crippen LogP contribution in [-0.2, 0) is 0 Å². The van der Waals surface area contributed by atoms with Gasteiger partial charge in [-0.25, -0.2) is 0 Å². The lowest BCUT2D eigenvalue weighted by molar-refractivity contribution is 0.233. The highest BCUT2D eigenvalue weighted by Crippen LogP contribution is 2.28. The summed E-state index contributed by atoms with van der Waals surface area (Å²) in [5, 5.41) is 12.5. The summed E-state index contributed by atoms with van der Waals surface area (Å²) < 4.78 is 0. The van der Waals surface area contributed by atoms with Gasteiger partial charge in [-0.15, -0.1) is 0 Å². The second kappa shape index (κ2) is 7.87. The third-order valence-electron chi connectivity index (χ3n) is 4.40. The van der Waals surface area contributed by atoms with Gasteiger partial charge in [0, 0.05) is 6.04 Å². The van der Waals surface area contributed by atoms with Gasteiger partial charge < -0.3 is 10.2 Å². The van der Waals surface area contributed by atoms with E-state index in [4.69, 9.17) is 0 Å². The number of hydrogen-bond donors (Lipinski definition) is 1. The molecule has 0 aromatic rings. The van der Waals surface area contributed by atoms with Gasteiger partial charge in [-0.1, -0.05) is 20.8 Å². The van der Waals surface area contributed by atoms with E-state index >= 15 is 0 Å². The molecule has 1 saturated carbocycles. The fourth-order valence-electron chi connectivity index (χ4n) is 2.59. The Morgan fingerprint density at radius 2 is 2.05 bits per heavy atom. The maximum atomic E-state index is 9.31. The Labute approximate surface area is 119 Å². The van der Waals surface area contributed by atoms with Gasteiger partial charge in [0.1, 0.15) is 5.54 Å². The summed E-state index contributed by atoms with van der Waals surface area (Å²) in [6, 6.07) is 3.29. The summed E-state index contributed by atoms with van der Waals surface area (Å²) in [6.07, 6.45) is 7.01. The molecule has 1 rings (SSSR count). The number of rotatable bonds is 10. The highest BCUT2D eigenvalue weighted by atomic mass is 15.2. The van der Waals surface area contributed by atoms with Crippen molar-refractivity contribution in [1.82, 2.24) is 10.2 Å². The average Bonchev–Trinajstić information content (AvgIpc) is 3.23. The first kappa shape index (κ1) is 16.5. The normalized spacial score (nSPS) is 18.6. The molecular weight excluding hydrogens is 234 g/mol. The quantitative estimate of drug-likeness (QED) is 0.659. The number of hydrogen-bond acceptors (Lipinski definition) is 3. The molecule has 0 aromatic heterocycles. The van der Waals surface area contributed by atoms with Gasteiger partial charge >= 0.3 is 0 Å². The van der Waals surface area contributed by atoms with Crippen LogP contribution in [0.25, 0.3) is 0 Å². The maximum Gasteiger partial charge on any atom is 0.106 e. The van der Waals surface area contributed by atoms with E-state index in [9.17, 15) is 5.26 Å². The molecule has 0 amide bonds. The molecule has 19 heavy (non-hydrogen) atoms. The highest BCUT2D eigenvalue weighted by Gasteiger charge is 2.30. The smallest absolute Gasteiger partial charge is 0.106 e. The van der Waals surface area contributed by atoms with Crippen LogP contribution in [0.5, 0.6) is 0 Å². The van der Waals surface area contributed by atoms with Crippen molar-refractivity contribution >= 4 is 0 Å². The van der Waals surface area contributed by atoms with Crippen LogP contribution >= 0.6 is 0 Å². The second-order valence-electron chi connectivity index (χ2n) is 6.35. The van der Waals surface area contributed by atoms with Crippen LogP contribution in [-0.4, -0.2) is 36.6 Å². The molecule has 1 atom stereocenters. The largest absolute Gasteiger partial charge is 0.302 e. The van der Waals surface area contributed by atoms with Crippen molar-refractivity contribution in [3.05, 3.63) is 0 Å². The highest BCUT2D eigenvalue weighted by molar-refractivity contribution is 5.05. The molecule has 1 aliphatic carbocycles. The van der Waals surface area contributed by atoms with Gasteiger partial charge in [0.25, 0.3) is 0 Å². The Kier molecular flexibility index (Phi) is 6.82. The van der Waals surface area contributed by atoms with E-state index in [1.54, 1.807) is 0 Å². The molecule has 0 aromatic carbocycles. The van der Waals surface area contributed by atoms with E-state index in [1.165, 1.54) is 25.8 Å². The fourth-order valence-corrected chi connectivity index (χ4v) is 2.59. The summed E-state index contributed by atoms with van der Waals surface area (Å²) in [5.41, 5.74) is -0.312. The molecule has 0 saturated heterocycles. The standard InChI is InChI=1S/C16H31N3/c1-5-16(13-17,18-4)10-6-11-19(15-7-8-15)12-9-14(2)3/h14-15,18H,5-12H2,1-4H3. The van der Waals surface area contributed by atoms with Crippen molar-refractivity contribution in [3.8, 4) is 6.07 Å². The van der Waals surface area contributed by atoms with Crippen LogP contribution in [0.4, 0.5) is 0 Å². The van der Waals surface area contributed by atoms with Crippen molar-refractivity contribution < 1.29 is 0 Å². The molecule has 1 fully saturated rings. The molecule has 0 aliphatic heterocycles. The summed E-state index contributed by atoms with van der Waals surface area (Å²) in [7, 11) is 1.91. The molecule has 3 heteroatoms. The molecule has 3 nitrogen and oxygen atoms in total. The molecule has 0 heterocycles. The monoisotopic (exact) mass is 265 g/mol. The van der Waals surface area contributed by atoms with Crippen LogP contribution in [0.3, 0.4) is 0 Å². The average molecular weight is 265 g/mol.